The van der Waals surface area contributed by atoms with Gasteiger partial charge in [0, 0.05) is 10.2 Å². The van der Waals surface area contributed by atoms with E-state index in [1.807, 2.05) is 0 Å². The normalized spacial score (nSPS) is 11.2. The van der Waals surface area contributed by atoms with E-state index in [0.29, 0.717) is 5.69 Å². The van der Waals surface area contributed by atoms with Gasteiger partial charge in [-0.25, -0.2) is 18.4 Å². The average molecular weight is 329 g/mol. The highest BCUT2D eigenvalue weighted by Crippen LogP contribution is 2.17. The predicted molar refractivity (Wildman–Crippen MR) is 71.4 cm³/mol. The molecule has 0 saturated carbocycles. The molecule has 0 atom stereocenters. The van der Waals surface area contributed by atoms with Crippen molar-refractivity contribution < 1.29 is 8.42 Å². The lowest BCUT2D eigenvalue weighted by Gasteiger charge is -2.07. The minimum Gasteiger partial charge on any atom is -0.368 e. The van der Waals surface area contributed by atoms with Crippen molar-refractivity contribution in [2.45, 2.75) is 4.90 Å². The molecule has 0 aliphatic carbocycles. The molecule has 6 nitrogen and oxygen atoms in total. The second-order valence-electron chi connectivity index (χ2n) is 3.39. The van der Waals surface area contributed by atoms with Crippen molar-refractivity contribution in [1.29, 1.82) is 0 Å². The van der Waals surface area contributed by atoms with Gasteiger partial charge in [0.1, 0.15) is 4.90 Å². The molecule has 18 heavy (non-hydrogen) atoms. The minimum atomic E-state index is -3.69. The van der Waals surface area contributed by atoms with Crippen molar-refractivity contribution >= 4 is 37.6 Å². The Labute approximate surface area is 112 Å². The Morgan fingerprint density at radius 3 is 2.22 bits per heavy atom. The zero-order chi connectivity index (χ0) is 13.2. The Morgan fingerprint density at radius 2 is 1.67 bits per heavy atom. The molecule has 1 aromatic carbocycles. The molecule has 0 bridgehead atoms. The number of sulfonamides is 1. The SMILES string of the molecule is Nc1ncc(S(=O)(=O)Nc2ccc(Br)cc2)cn1. The van der Waals surface area contributed by atoms with Crippen LogP contribution in [0.3, 0.4) is 0 Å². The summed E-state index contributed by atoms with van der Waals surface area (Å²) in [5, 5.41) is 0. The molecule has 1 aromatic heterocycles. The first-order valence-corrected chi connectivity index (χ1v) is 7.11. The number of hydrogen-bond donors (Lipinski definition) is 2. The van der Waals surface area contributed by atoms with E-state index < -0.39 is 10.0 Å². The minimum absolute atomic E-state index is 0.0255. The van der Waals surface area contributed by atoms with E-state index in [4.69, 9.17) is 5.73 Å². The fourth-order valence-corrected chi connectivity index (χ4v) is 2.41. The maximum atomic E-state index is 12.0. The molecule has 0 spiro atoms. The highest BCUT2D eigenvalue weighted by Gasteiger charge is 2.14. The first kappa shape index (κ1) is 12.8. The summed E-state index contributed by atoms with van der Waals surface area (Å²) in [5.74, 6) is 0.0255. The van der Waals surface area contributed by atoms with E-state index in [1.54, 1.807) is 24.3 Å². The summed E-state index contributed by atoms with van der Waals surface area (Å²) in [6.45, 7) is 0. The highest BCUT2D eigenvalue weighted by atomic mass is 79.9. The summed E-state index contributed by atoms with van der Waals surface area (Å²) in [5.41, 5.74) is 5.75. The van der Waals surface area contributed by atoms with E-state index in [0.717, 1.165) is 16.9 Å². The van der Waals surface area contributed by atoms with Crippen LogP contribution in [-0.4, -0.2) is 18.4 Å². The lowest BCUT2D eigenvalue weighted by molar-refractivity contribution is 0.600. The number of nitrogen functional groups attached to an aromatic ring is 1. The number of benzene rings is 1. The van der Waals surface area contributed by atoms with E-state index in [2.05, 4.69) is 30.6 Å². The molecular weight excluding hydrogens is 320 g/mol. The van der Waals surface area contributed by atoms with Crippen LogP contribution in [0.15, 0.2) is 46.0 Å². The smallest absolute Gasteiger partial charge is 0.264 e. The van der Waals surface area contributed by atoms with Gasteiger partial charge in [-0.1, -0.05) is 15.9 Å². The molecule has 2 aromatic rings. The van der Waals surface area contributed by atoms with E-state index in [-0.39, 0.29) is 10.8 Å². The van der Waals surface area contributed by atoms with E-state index in [1.165, 1.54) is 0 Å². The number of nitrogens with zero attached hydrogens (tertiary/aromatic N) is 2. The second kappa shape index (κ2) is 4.91. The Bertz CT molecular complexity index is 641. The maximum absolute atomic E-state index is 12.0. The molecule has 0 fully saturated rings. The fourth-order valence-electron chi connectivity index (χ4n) is 1.20. The summed E-state index contributed by atoms with van der Waals surface area (Å²) in [7, 11) is -3.69. The van der Waals surface area contributed by atoms with Crippen molar-refractivity contribution in [1.82, 2.24) is 9.97 Å². The zero-order valence-electron chi connectivity index (χ0n) is 9.04. The molecule has 0 amide bonds. The van der Waals surface area contributed by atoms with Crippen molar-refractivity contribution in [3.8, 4) is 0 Å². The van der Waals surface area contributed by atoms with Crippen LogP contribution < -0.4 is 10.5 Å². The van der Waals surface area contributed by atoms with Gasteiger partial charge in [-0.2, -0.15) is 0 Å². The molecule has 0 saturated heterocycles. The Morgan fingerprint density at radius 1 is 1.11 bits per heavy atom. The monoisotopic (exact) mass is 328 g/mol. The summed E-state index contributed by atoms with van der Waals surface area (Å²) in [6.07, 6.45) is 2.31. The number of nitrogens with one attached hydrogen (secondary N) is 1. The lowest BCUT2D eigenvalue weighted by Crippen LogP contribution is -2.13. The molecule has 0 aliphatic rings. The van der Waals surface area contributed by atoms with Crippen LogP contribution in [0.1, 0.15) is 0 Å². The molecule has 94 valence electrons. The second-order valence-corrected chi connectivity index (χ2v) is 5.99. The van der Waals surface area contributed by atoms with Crippen molar-refractivity contribution in [3.05, 3.63) is 41.1 Å². The largest absolute Gasteiger partial charge is 0.368 e. The van der Waals surface area contributed by atoms with Gasteiger partial charge < -0.3 is 5.73 Å². The maximum Gasteiger partial charge on any atom is 0.264 e. The molecule has 0 aliphatic heterocycles. The summed E-state index contributed by atoms with van der Waals surface area (Å²) in [4.78, 5) is 7.24. The topological polar surface area (TPSA) is 98.0 Å². The van der Waals surface area contributed by atoms with Crippen LogP contribution in [0.2, 0.25) is 0 Å². The molecule has 0 radical (unpaired) electrons. The van der Waals surface area contributed by atoms with Gasteiger partial charge in [0.15, 0.2) is 0 Å². The number of nitrogens with two attached hydrogens (primary N) is 1. The van der Waals surface area contributed by atoms with Gasteiger partial charge >= 0.3 is 0 Å². The molecule has 0 unspecified atom stereocenters. The van der Waals surface area contributed by atoms with E-state index in [9.17, 15) is 8.42 Å². The van der Waals surface area contributed by atoms with E-state index >= 15 is 0 Å². The third kappa shape index (κ3) is 2.96. The molecular formula is C10H9BrN4O2S. The van der Waals surface area contributed by atoms with Gasteiger partial charge in [-0.15, -0.1) is 0 Å². The molecule has 3 N–H and O–H groups in total. The summed E-state index contributed by atoms with van der Waals surface area (Å²) >= 11 is 3.27. The molecule has 8 heteroatoms. The van der Waals surface area contributed by atoms with Crippen LogP contribution in [0.5, 0.6) is 0 Å². The molecule has 1 heterocycles. The zero-order valence-corrected chi connectivity index (χ0v) is 11.4. The average Bonchev–Trinajstić information content (AvgIpc) is 2.32. The first-order chi connectivity index (χ1) is 8.47. The third-order valence-corrected chi connectivity index (χ3v) is 3.92. The molecule has 2 rings (SSSR count). The third-order valence-electron chi connectivity index (χ3n) is 2.05. The number of rotatable bonds is 3. The fraction of sp³-hybridized carbons (Fsp3) is 0. The standard InChI is InChI=1S/C10H9BrN4O2S/c11-7-1-3-8(4-2-7)15-18(16,17)9-5-13-10(12)14-6-9/h1-6,15H,(H2,12,13,14). The van der Waals surface area contributed by atoms with Gasteiger partial charge in [-0.05, 0) is 24.3 Å². The number of halogens is 1. The van der Waals surface area contributed by atoms with Gasteiger partial charge in [0.05, 0.1) is 12.4 Å². The Balaban J connectivity index is 2.27. The van der Waals surface area contributed by atoms with Crippen molar-refractivity contribution in [2.75, 3.05) is 10.5 Å². The summed E-state index contributed by atoms with van der Waals surface area (Å²) in [6, 6.07) is 6.74. The number of aromatic nitrogens is 2. The van der Waals surface area contributed by atoms with Crippen molar-refractivity contribution in [2.24, 2.45) is 0 Å². The predicted octanol–water partition coefficient (Wildman–Crippen LogP) is 1.62. The van der Waals surface area contributed by atoms with Crippen LogP contribution in [-0.2, 0) is 10.0 Å². The van der Waals surface area contributed by atoms with Gasteiger partial charge in [0.2, 0.25) is 5.95 Å². The lowest BCUT2D eigenvalue weighted by atomic mass is 10.3. The Hall–Kier alpha value is -1.67. The van der Waals surface area contributed by atoms with Crippen LogP contribution in [0, 0.1) is 0 Å². The summed E-state index contributed by atoms with van der Waals surface area (Å²) < 4.78 is 27.2. The van der Waals surface area contributed by atoms with Crippen LogP contribution >= 0.6 is 15.9 Å². The first-order valence-electron chi connectivity index (χ1n) is 4.83. The number of anilines is 2. The quantitative estimate of drug-likeness (QED) is 0.892. The highest BCUT2D eigenvalue weighted by molar-refractivity contribution is 9.10. The van der Waals surface area contributed by atoms with Crippen LogP contribution in [0.25, 0.3) is 0 Å². The van der Waals surface area contributed by atoms with Crippen molar-refractivity contribution in [3.63, 3.8) is 0 Å². The Kier molecular flexibility index (Phi) is 3.48. The van der Waals surface area contributed by atoms with Gasteiger partial charge in [-0.3, -0.25) is 4.72 Å². The number of hydrogen-bond acceptors (Lipinski definition) is 5. The van der Waals surface area contributed by atoms with Crippen LogP contribution in [0.4, 0.5) is 11.6 Å². The van der Waals surface area contributed by atoms with Gasteiger partial charge in [0.25, 0.3) is 10.0 Å².